The zero-order chi connectivity index (χ0) is 35.3. The molecule has 262 valence electrons. The first-order valence-corrected chi connectivity index (χ1v) is 15.4. The van der Waals surface area contributed by atoms with Crippen LogP contribution in [0.2, 0.25) is 0 Å². The number of amides is 1. The Bertz CT molecular complexity index is 2000. The second-order valence-electron chi connectivity index (χ2n) is 11.0. The molecular weight excluding hydrogens is 663 g/mol. The summed E-state index contributed by atoms with van der Waals surface area (Å²) in [5.41, 5.74) is 2.74. The molecule has 0 spiro atoms. The number of methoxy groups -OCH3 is 2. The zero-order valence-corrected chi connectivity index (χ0v) is 26.9. The molecular formula is C33H32F3N7O7. The predicted molar refractivity (Wildman–Crippen MR) is 175 cm³/mol. The normalized spacial score (nSPS) is 14.3. The van der Waals surface area contributed by atoms with Crippen LogP contribution in [0, 0.1) is 0 Å². The van der Waals surface area contributed by atoms with Crippen LogP contribution in [0.5, 0.6) is 11.5 Å². The topological polar surface area (TPSA) is 162 Å². The van der Waals surface area contributed by atoms with Gasteiger partial charge in [0.1, 0.15) is 12.4 Å². The molecule has 1 saturated heterocycles. The van der Waals surface area contributed by atoms with E-state index in [9.17, 15) is 22.8 Å². The van der Waals surface area contributed by atoms with Crippen LogP contribution >= 0.6 is 0 Å². The number of ether oxygens (including phenoxy) is 5. The number of H-pyrrole nitrogens is 1. The SMILES string of the molecule is COCCOc1cc2c(Nc3ccc4[nH]ncc4c3)nc(-c3cccc(NC(=O)C(OC(=O)C(F)(F)F)N4CCOCC4)c3)nc2cc1OC. The van der Waals surface area contributed by atoms with Gasteiger partial charge in [0.15, 0.2) is 17.3 Å². The Labute approximate surface area is 282 Å². The molecule has 1 fully saturated rings. The molecule has 0 saturated carbocycles. The maximum absolute atomic E-state index is 13.3. The lowest BCUT2D eigenvalue weighted by Crippen LogP contribution is -2.52. The van der Waals surface area contributed by atoms with Crippen LogP contribution in [0.25, 0.3) is 33.2 Å². The van der Waals surface area contributed by atoms with Gasteiger partial charge < -0.3 is 34.3 Å². The summed E-state index contributed by atoms with van der Waals surface area (Å²) in [5.74, 6) is -1.89. The van der Waals surface area contributed by atoms with Crippen molar-refractivity contribution in [2.24, 2.45) is 0 Å². The molecule has 3 N–H and O–H groups in total. The smallest absolute Gasteiger partial charge is 0.490 e. The first-order valence-electron chi connectivity index (χ1n) is 15.4. The molecule has 0 radical (unpaired) electrons. The average molecular weight is 696 g/mol. The molecule has 1 atom stereocenters. The quantitative estimate of drug-likeness (QED) is 0.123. The number of benzene rings is 3. The number of fused-ring (bicyclic) bond motifs is 2. The van der Waals surface area contributed by atoms with E-state index < -0.39 is 24.3 Å². The second-order valence-corrected chi connectivity index (χ2v) is 11.0. The predicted octanol–water partition coefficient (Wildman–Crippen LogP) is 4.65. The van der Waals surface area contributed by atoms with E-state index in [1.165, 1.54) is 18.1 Å². The first kappa shape index (κ1) is 34.3. The van der Waals surface area contributed by atoms with Gasteiger partial charge >= 0.3 is 12.1 Å². The lowest BCUT2D eigenvalue weighted by Gasteiger charge is -2.32. The molecule has 50 heavy (non-hydrogen) atoms. The van der Waals surface area contributed by atoms with Crippen LogP contribution in [0.15, 0.2) is 60.8 Å². The van der Waals surface area contributed by atoms with E-state index in [0.717, 1.165) is 10.9 Å². The van der Waals surface area contributed by atoms with E-state index in [-0.39, 0.29) is 44.4 Å². The van der Waals surface area contributed by atoms with Crippen LogP contribution < -0.4 is 20.1 Å². The van der Waals surface area contributed by atoms with Gasteiger partial charge in [-0.2, -0.15) is 18.3 Å². The summed E-state index contributed by atoms with van der Waals surface area (Å²) >= 11 is 0. The van der Waals surface area contributed by atoms with Gasteiger partial charge in [-0.15, -0.1) is 0 Å². The number of carbonyl (C=O) groups is 2. The monoisotopic (exact) mass is 695 g/mol. The van der Waals surface area contributed by atoms with E-state index in [4.69, 9.17) is 28.9 Å². The molecule has 1 unspecified atom stereocenters. The summed E-state index contributed by atoms with van der Waals surface area (Å²) in [7, 11) is 3.08. The number of aromatic amines is 1. The largest absolute Gasteiger partial charge is 0.493 e. The Morgan fingerprint density at radius 1 is 1.00 bits per heavy atom. The third-order valence-electron chi connectivity index (χ3n) is 7.67. The lowest BCUT2D eigenvalue weighted by molar-refractivity contribution is -0.214. The van der Waals surface area contributed by atoms with Crippen molar-refractivity contribution in [1.82, 2.24) is 25.1 Å². The molecule has 1 amide bonds. The Morgan fingerprint density at radius 3 is 2.58 bits per heavy atom. The Morgan fingerprint density at radius 2 is 1.82 bits per heavy atom. The number of alkyl halides is 3. The third kappa shape index (κ3) is 7.85. The van der Waals surface area contributed by atoms with Gasteiger partial charge in [0.25, 0.3) is 5.91 Å². The molecule has 1 aliphatic heterocycles. The number of morpholine rings is 1. The van der Waals surface area contributed by atoms with Crippen LogP contribution in [0.3, 0.4) is 0 Å². The van der Waals surface area contributed by atoms with E-state index in [2.05, 4.69) is 25.6 Å². The number of carbonyl (C=O) groups excluding carboxylic acids is 2. The fourth-order valence-corrected chi connectivity index (χ4v) is 5.24. The summed E-state index contributed by atoms with van der Waals surface area (Å²) in [4.78, 5) is 35.9. The van der Waals surface area contributed by atoms with E-state index >= 15 is 0 Å². The maximum Gasteiger partial charge on any atom is 0.490 e. The number of hydrogen-bond donors (Lipinski definition) is 3. The standard InChI is InChI=1S/C33H32F3N7O7/c1-46-12-13-49-27-16-23-25(17-26(27)47-2)40-28(41-29(23)38-22-6-7-24-20(15-22)18-37-42-24)19-4-3-5-21(14-19)39-30(44)31(43-8-10-48-11-9-43)50-32(45)33(34,35)36/h3-7,14-18,31H,8-13H2,1-2H3,(H,37,42)(H,39,44)(H,38,40,41). The van der Waals surface area contributed by atoms with Gasteiger partial charge in [0.05, 0.1) is 44.2 Å². The zero-order valence-electron chi connectivity index (χ0n) is 26.9. The number of nitrogens with one attached hydrogen (secondary N) is 3. The van der Waals surface area contributed by atoms with E-state index in [1.807, 2.05) is 18.2 Å². The molecule has 0 bridgehead atoms. The van der Waals surface area contributed by atoms with Crippen molar-refractivity contribution in [2.45, 2.75) is 12.4 Å². The fourth-order valence-electron chi connectivity index (χ4n) is 5.24. The minimum atomic E-state index is -5.28. The molecule has 2 aromatic heterocycles. The van der Waals surface area contributed by atoms with Gasteiger partial charge in [-0.25, -0.2) is 14.8 Å². The summed E-state index contributed by atoms with van der Waals surface area (Å²) < 4.78 is 65.8. The minimum Gasteiger partial charge on any atom is -0.493 e. The minimum absolute atomic E-state index is 0.0834. The van der Waals surface area contributed by atoms with Gasteiger partial charge in [-0.05, 0) is 36.4 Å². The van der Waals surface area contributed by atoms with Gasteiger partial charge in [0.2, 0.25) is 6.23 Å². The van der Waals surface area contributed by atoms with Crippen molar-refractivity contribution in [2.75, 3.05) is 64.4 Å². The van der Waals surface area contributed by atoms with Crippen LogP contribution in [-0.4, -0.2) is 103 Å². The Hall–Kier alpha value is -5.52. The second kappa shape index (κ2) is 14.9. The van der Waals surface area contributed by atoms with Crippen LogP contribution in [-0.2, 0) is 23.8 Å². The summed E-state index contributed by atoms with van der Waals surface area (Å²) in [5, 5.41) is 14.4. The highest BCUT2D eigenvalue weighted by Gasteiger charge is 2.45. The number of esters is 1. The van der Waals surface area contributed by atoms with Crippen molar-refractivity contribution in [1.29, 1.82) is 0 Å². The number of aromatic nitrogens is 4. The van der Waals surface area contributed by atoms with Crippen LogP contribution in [0.1, 0.15) is 0 Å². The molecule has 3 heterocycles. The number of rotatable bonds is 12. The first-order chi connectivity index (χ1) is 24.1. The van der Waals surface area contributed by atoms with Gasteiger partial charge in [0, 0.05) is 54.0 Å². The molecule has 17 heteroatoms. The third-order valence-corrected chi connectivity index (χ3v) is 7.67. The van der Waals surface area contributed by atoms with Gasteiger partial charge in [-0.3, -0.25) is 14.8 Å². The lowest BCUT2D eigenvalue weighted by atomic mass is 10.1. The number of hydrogen-bond acceptors (Lipinski definition) is 12. The molecule has 3 aromatic carbocycles. The average Bonchev–Trinajstić information content (AvgIpc) is 3.58. The van der Waals surface area contributed by atoms with Crippen molar-refractivity contribution in [3.8, 4) is 22.9 Å². The van der Waals surface area contributed by atoms with E-state index in [1.54, 1.807) is 43.6 Å². The van der Waals surface area contributed by atoms with Crippen LogP contribution in [0.4, 0.5) is 30.4 Å². The summed E-state index contributed by atoms with van der Waals surface area (Å²) in [6.07, 6.45) is -5.43. The Kier molecular flexibility index (Phi) is 10.3. The highest BCUT2D eigenvalue weighted by atomic mass is 19.4. The van der Waals surface area contributed by atoms with Crippen molar-refractivity contribution in [3.05, 3.63) is 60.8 Å². The fraction of sp³-hybridized carbons (Fsp3) is 0.303. The highest BCUT2D eigenvalue weighted by molar-refractivity contribution is 5.97. The molecule has 6 rings (SSSR count). The highest BCUT2D eigenvalue weighted by Crippen LogP contribution is 2.37. The number of nitrogens with zero attached hydrogens (tertiary/aromatic N) is 4. The van der Waals surface area contributed by atoms with Gasteiger partial charge in [-0.1, -0.05) is 12.1 Å². The van der Waals surface area contributed by atoms with Crippen molar-refractivity contribution < 1.29 is 46.4 Å². The van der Waals surface area contributed by atoms with E-state index in [0.29, 0.717) is 46.1 Å². The van der Waals surface area contributed by atoms with Crippen molar-refractivity contribution in [3.63, 3.8) is 0 Å². The van der Waals surface area contributed by atoms with Crippen molar-refractivity contribution >= 4 is 50.9 Å². The molecule has 14 nitrogen and oxygen atoms in total. The maximum atomic E-state index is 13.3. The number of anilines is 3. The molecule has 1 aliphatic rings. The molecule has 0 aliphatic carbocycles. The summed E-state index contributed by atoms with van der Waals surface area (Å²) in [6.45, 7) is 1.11. The Balaban J connectivity index is 1.35. The molecule has 5 aromatic rings. The number of halogens is 3. The summed E-state index contributed by atoms with van der Waals surface area (Å²) in [6, 6.07) is 15.5.